The van der Waals surface area contributed by atoms with E-state index in [1.807, 2.05) is 71.6 Å². The molecule has 0 bridgehead atoms. The molecule has 0 aliphatic carbocycles. The van der Waals surface area contributed by atoms with Crippen molar-refractivity contribution in [2.75, 3.05) is 27.3 Å². The van der Waals surface area contributed by atoms with Crippen molar-refractivity contribution in [3.63, 3.8) is 0 Å². The fourth-order valence-corrected chi connectivity index (χ4v) is 4.87. The first kappa shape index (κ1) is 29.7. The van der Waals surface area contributed by atoms with Gasteiger partial charge in [0.15, 0.2) is 0 Å². The summed E-state index contributed by atoms with van der Waals surface area (Å²) < 4.78 is 10.9. The fourth-order valence-electron chi connectivity index (χ4n) is 4.87. The highest BCUT2D eigenvalue weighted by Gasteiger charge is 2.40. The minimum Gasteiger partial charge on any atom is -0.491 e. The Kier molecular flexibility index (Phi) is 10.9. The van der Waals surface area contributed by atoms with Gasteiger partial charge >= 0.3 is 5.97 Å². The quantitative estimate of drug-likeness (QED) is 0.208. The molecule has 0 aromatic heterocycles. The molecule has 0 spiro atoms. The van der Waals surface area contributed by atoms with Gasteiger partial charge in [-0.1, -0.05) is 66.7 Å². The van der Waals surface area contributed by atoms with E-state index in [4.69, 9.17) is 15.2 Å². The van der Waals surface area contributed by atoms with Crippen molar-refractivity contribution in [1.29, 1.82) is 0 Å². The highest BCUT2D eigenvalue weighted by atomic mass is 35.5. The Balaban J connectivity index is 0.00000420. The lowest BCUT2D eigenvalue weighted by Crippen LogP contribution is -2.38. The monoisotopic (exact) mass is 549 g/mol. The van der Waals surface area contributed by atoms with Crippen LogP contribution in [0.5, 0.6) is 5.75 Å². The Morgan fingerprint density at radius 2 is 1.64 bits per heavy atom. The zero-order chi connectivity index (χ0) is 26.9. The molecule has 4 rings (SSSR count). The van der Waals surface area contributed by atoms with E-state index in [1.165, 1.54) is 12.7 Å². The lowest BCUT2D eigenvalue weighted by molar-refractivity contribution is -0.144. The molecule has 1 saturated heterocycles. The van der Waals surface area contributed by atoms with Gasteiger partial charge in [-0.05, 0) is 48.1 Å². The minimum absolute atomic E-state index is 0. The van der Waals surface area contributed by atoms with Gasteiger partial charge in [0.1, 0.15) is 18.2 Å². The van der Waals surface area contributed by atoms with Gasteiger partial charge in [0.05, 0.1) is 25.5 Å². The summed E-state index contributed by atoms with van der Waals surface area (Å²) in [4.78, 5) is 30.9. The summed E-state index contributed by atoms with van der Waals surface area (Å²) in [6.07, 6.45) is 2.42. The first-order valence-electron chi connectivity index (χ1n) is 13.0. The summed E-state index contributed by atoms with van der Waals surface area (Å²) in [7, 11) is 3.03. The average molecular weight is 550 g/mol. The molecule has 1 amide bonds. The number of aryl methyl sites for hydroxylation is 1. The van der Waals surface area contributed by atoms with Crippen LogP contribution in [0, 0.1) is 5.92 Å². The lowest BCUT2D eigenvalue weighted by Gasteiger charge is -2.25. The number of likely N-dealkylation sites (tertiary alicyclic amines) is 1. The summed E-state index contributed by atoms with van der Waals surface area (Å²) in [5, 5.41) is 0. The van der Waals surface area contributed by atoms with Crippen LogP contribution in [0.15, 0.2) is 83.9 Å². The van der Waals surface area contributed by atoms with Crippen LogP contribution in [0.2, 0.25) is 0 Å². The maximum absolute atomic E-state index is 13.2. The molecule has 7 nitrogen and oxygen atoms in total. The summed E-state index contributed by atoms with van der Waals surface area (Å²) in [6, 6.07) is 26.0. The molecule has 39 heavy (non-hydrogen) atoms. The van der Waals surface area contributed by atoms with Gasteiger partial charge < -0.3 is 20.1 Å². The third-order valence-electron chi connectivity index (χ3n) is 7.03. The van der Waals surface area contributed by atoms with E-state index in [1.54, 1.807) is 7.05 Å². The second-order valence-corrected chi connectivity index (χ2v) is 9.51. The number of amides is 1. The second-order valence-electron chi connectivity index (χ2n) is 9.51. The molecule has 1 heterocycles. The van der Waals surface area contributed by atoms with Crippen molar-refractivity contribution in [2.45, 2.75) is 31.7 Å². The van der Waals surface area contributed by atoms with Crippen LogP contribution < -0.4 is 10.5 Å². The van der Waals surface area contributed by atoms with Gasteiger partial charge in [0, 0.05) is 19.2 Å². The van der Waals surface area contributed by atoms with Crippen LogP contribution in [-0.2, 0) is 20.7 Å². The van der Waals surface area contributed by atoms with Crippen LogP contribution in [-0.4, -0.2) is 56.0 Å². The molecule has 0 saturated carbocycles. The zero-order valence-electron chi connectivity index (χ0n) is 22.4. The van der Waals surface area contributed by atoms with Gasteiger partial charge in [-0.2, -0.15) is 0 Å². The number of hydrogen-bond acceptors (Lipinski definition) is 5. The minimum atomic E-state index is -0.370. The number of aliphatic imine (C=N–C) groups is 1. The van der Waals surface area contributed by atoms with Crippen molar-refractivity contribution >= 4 is 30.1 Å². The van der Waals surface area contributed by atoms with Gasteiger partial charge in [0.25, 0.3) is 0 Å². The number of ether oxygens (including phenoxy) is 2. The SMILES string of the molecule is CN=C(N)c1ccc(-c2ccc(OC[C@@H]3C[C@@H](CC(=O)OC)C(=O)N3CCCc3ccccc3)cc2)cc1.Cl. The van der Waals surface area contributed by atoms with Crippen molar-refractivity contribution in [3.8, 4) is 16.9 Å². The fraction of sp³-hybridized carbons (Fsp3) is 0.323. The number of rotatable bonds is 11. The number of nitrogens with two attached hydrogens (primary N) is 1. The largest absolute Gasteiger partial charge is 0.491 e. The maximum atomic E-state index is 13.2. The number of amidine groups is 1. The molecule has 206 valence electrons. The van der Waals surface area contributed by atoms with Crippen LogP contribution in [0.3, 0.4) is 0 Å². The van der Waals surface area contributed by atoms with Crippen LogP contribution >= 0.6 is 12.4 Å². The van der Waals surface area contributed by atoms with E-state index in [0.717, 1.165) is 35.3 Å². The number of halogens is 1. The summed E-state index contributed by atoms with van der Waals surface area (Å²) in [5.74, 6) is 0.520. The van der Waals surface area contributed by atoms with E-state index in [-0.39, 0.29) is 42.7 Å². The Morgan fingerprint density at radius 1 is 1.00 bits per heavy atom. The smallest absolute Gasteiger partial charge is 0.306 e. The Labute approximate surface area is 236 Å². The number of nitrogens with zero attached hydrogens (tertiary/aromatic N) is 2. The Morgan fingerprint density at radius 3 is 2.26 bits per heavy atom. The number of carbonyl (C=O) groups excluding carboxylic acids is 2. The van der Waals surface area contributed by atoms with E-state index in [9.17, 15) is 9.59 Å². The van der Waals surface area contributed by atoms with Gasteiger partial charge in [0.2, 0.25) is 5.91 Å². The number of carbonyl (C=O) groups is 2. The van der Waals surface area contributed by atoms with Crippen LogP contribution in [0.4, 0.5) is 0 Å². The van der Waals surface area contributed by atoms with Gasteiger partial charge in [-0.15, -0.1) is 12.4 Å². The first-order valence-corrected chi connectivity index (χ1v) is 13.0. The normalized spacial score (nSPS) is 17.0. The molecule has 1 fully saturated rings. The second kappa shape index (κ2) is 14.4. The summed E-state index contributed by atoms with van der Waals surface area (Å²) in [6.45, 7) is 1.00. The third-order valence-corrected chi connectivity index (χ3v) is 7.03. The van der Waals surface area contributed by atoms with Crippen molar-refractivity contribution in [3.05, 3.63) is 90.0 Å². The van der Waals surface area contributed by atoms with E-state index >= 15 is 0 Å². The first-order chi connectivity index (χ1) is 18.5. The molecular formula is C31H36ClN3O4. The number of hydrogen-bond donors (Lipinski definition) is 1. The molecule has 2 N–H and O–H groups in total. The number of esters is 1. The highest BCUT2D eigenvalue weighted by molar-refractivity contribution is 5.97. The van der Waals surface area contributed by atoms with Crippen molar-refractivity contribution in [1.82, 2.24) is 4.90 Å². The molecule has 3 aromatic rings. The predicted molar refractivity (Wildman–Crippen MR) is 156 cm³/mol. The van der Waals surface area contributed by atoms with Crippen molar-refractivity contribution < 1.29 is 19.1 Å². The van der Waals surface area contributed by atoms with Gasteiger partial charge in [-0.3, -0.25) is 14.6 Å². The Bertz CT molecular complexity index is 1250. The summed E-state index contributed by atoms with van der Waals surface area (Å²) >= 11 is 0. The maximum Gasteiger partial charge on any atom is 0.306 e. The van der Waals surface area contributed by atoms with E-state index in [2.05, 4.69) is 17.1 Å². The average Bonchev–Trinajstić information content (AvgIpc) is 3.25. The molecule has 0 radical (unpaired) electrons. The number of methoxy groups -OCH3 is 1. The summed E-state index contributed by atoms with van der Waals surface area (Å²) in [5.41, 5.74) is 10.2. The van der Waals surface area contributed by atoms with Crippen LogP contribution in [0.1, 0.15) is 30.4 Å². The molecule has 2 atom stereocenters. The Hall–Kier alpha value is -3.84. The highest BCUT2D eigenvalue weighted by Crippen LogP contribution is 2.29. The molecular weight excluding hydrogens is 514 g/mol. The van der Waals surface area contributed by atoms with E-state index < -0.39 is 0 Å². The van der Waals surface area contributed by atoms with E-state index in [0.29, 0.717) is 25.4 Å². The zero-order valence-corrected chi connectivity index (χ0v) is 23.2. The standard InChI is InChI=1S/C31H35N3O4.ClH/c1-33-30(32)25-12-10-23(11-13-25)24-14-16-28(17-15-24)38-21-27-19-26(20-29(35)37-2)31(36)34(27)18-6-9-22-7-4-3-5-8-22;/h3-5,7-8,10-17,26-27H,6,9,18-21H2,1-2H3,(H2,32,33);1H/t26-,27-;/m0./s1. The van der Waals surface area contributed by atoms with Crippen LogP contribution in [0.25, 0.3) is 11.1 Å². The van der Waals surface area contributed by atoms with Crippen molar-refractivity contribution in [2.24, 2.45) is 16.6 Å². The molecule has 3 aromatic carbocycles. The van der Waals surface area contributed by atoms with Gasteiger partial charge in [-0.25, -0.2) is 0 Å². The number of benzene rings is 3. The predicted octanol–water partition coefficient (Wildman–Crippen LogP) is 4.90. The topological polar surface area (TPSA) is 94.2 Å². The molecule has 1 aliphatic heterocycles. The molecule has 1 aliphatic rings. The third kappa shape index (κ3) is 7.83. The lowest BCUT2D eigenvalue weighted by atomic mass is 10.0. The molecule has 0 unspecified atom stereocenters. The molecule has 8 heteroatoms.